The lowest BCUT2D eigenvalue weighted by Crippen LogP contribution is -2.20. The van der Waals surface area contributed by atoms with E-state index in [-0.39, 0.29) is 10.6 Å². The maximum Gasteiger partial charge on any atom is 0.181 e. The van der Waals surface area contributed by atoms with Crippen LogP contribution < -0.4 is 4.74 Å². The third-order valence-corrected chi connectivity index (χ3v) is 6.86. The Hall–Kier alpha value is -0.170. The molecule has 0 radical (unpaired) electrons. The second kappa shape index (κ2) is 8.08. The van der Waals surface area contributed by atoms with Gasteiger partial charge in [0, 0.05) is 8.95 Å². The summed E-state index contributed by atoms with van der Waals surface area (Å²) in [6.07, 6.45) is 0. The lowest BCUT2D eigenvalue weighted by Gasteiger charge is -2.18. The monoisotopic (exact) mass is 552 g/mol. The van der Waals surface area contributed by atoms with Crippen molar-refractivity contribution in [2.75, 3.05) is 7.11 Å². The van der Waals surface area contributed by atoms with Gasteiger partial charge in [0.2, 0.25) is 0 Å². The van der Waals surface area contributed by atoms with Crippen LogP contribution in [0.3, 0.4) is 0 Å². The van der Waals surface area contributed by atoms with Crippen LogP contribution in [-0.4, -0.2) is 17.7 Å². The molecule has 0 saturated heterocycles. The molecule has 0 amide bonds. The molecule has 2 rings (SSSR count). The second-order valence-corrected chi connectivity index (χ2v) is 8.37. The predicted molar refractivity (Wildman–Crippen MR) is 104 cm³/mol. The van der Waals surface area contributed by atoms with Crippen molar-refractivity contribution in [3.05, 3.63) is 62.5 Å². The SMILES string of the molecule is COc1cc(Br)ccc1C(=O)C(Br)C(Br)c1ccc(Br)cc1. The highest BCUT2D eigenvalue weighted by atomic mass is 79.9. The summed E-state index contributed by atoms with van der Waals surface area (Å²) in [6.45, 7) is 0. The maximum absolute atomic E-state index is 12.7. The van der Waals surface area contributed by atoms with Gasteiger partial charge in [-0.2, -0.15) is 0 Å². The Balaban J connectivity index is 2.27. The minimum atomic E-state index is -0.399. The second-order valence-electron chi connectivity index (χ2n) is 4.56. The van der Waals surface area contributed by atoms with Gasteiger partial charge in [0.05, 0.1) is 22.3 Å². The number of halogens is 4. The molecule has 2 aromatic rings. The van der Waals surface area contributed by atoms with Crippen molar-refractivity contribution < 1.29 is 9.53 Å². The first-order valence-electron chi connectivity index (χ1n) is 6.35. The summed E-state index contributed by atoms with van der Waals surface area (Å²) < 4.78 is 7.18. The van der Waals surface area contributed by atoms with Crippen LogP contribution in [0.4, 0.5) is 0 Å². The van der Waals surface area contributed by atoms with Crippen LogP contribution in [-0.2, 0) is 0 Å². The lowest BCUT2D eigenvalue weighted by molar-refractivity contribution is 0.0988. The van der Waals surface area contributed by atoms with E-state index in [1.165, 1.54) is 0 Å². The summed E-state index contributed by atoms with van der Waals surface area (Å²) in [5.74, 6) is 0.522. The van der Waals surface area contributed by atoms with E-state index in [0.29, 0.717) is 11.3 Å². The van der Waals surface area contributed by atoms with Crippen LogP contribution in [0.25, 0.3) is 0 Å². The van der Waals surface area contributed by atoms with Gasteiger partial charge >= 0.3 is 0 Å². The molecule has 2 unspecified atom stereocenters. The first-order valence-corrected chi connectivity index (χ1v) is 9.77. The number of methoxy groups -OCH3 is 1. The number of Topliss-reactive ketones (excluding diaryl/α,β-unsaturated/α-hetero) is 1. The molecule has 22 heavy (non-hydrogen) atoms. The number of ketones is 1. The molecule has 0 fully saturated rings. The zero-order valence-corrected chi connectivity index (χ0v) is 17.9. The zero-order chi connectivity index (χ0) is 16.3. The zero-order valence-electron chi connectivity index (χ0n) is 11.5. The van der Waals surface area contributed by atoms with Crippen molar-refractivity contribution in [1.29, 1.82) is 0 Å². The molecule has 0 aromatic heterocycles. The summed E-state index contributed by atoms with van der Waals surface area (Å²) in [4.78, 5) is 12.2. The average Bonchev–Trinajstić information content (AvgIpc) is 2.53. The number of alkyl halides is 2. The van der Waals surface area contributed by atoms with E-state index in [2.05, 4.69) is 63.7 Å². The van der Waals surface area contributed by atoms with Crippen LogP contribution in [0.1, 0.15) is 20.7 Å². The van der Waals surface area contributed by atoms with E-state index in [4.69, 9.17) is 4.74 Å². The van der Waals surface area contributed by atoms with E-state index in [9.17, 15) is 4.79 Å². The molecular formula is C16H12Br4O2. The molecule has 0 bridgehead atoms. The quantitative estimate of drug-likeness (QED) is 0.320. The van der Waals surface area contributed by atoms with Crippen molar-refractivity contribution in [2.24, 2.45) is 0 Å². The molecule has 2 aromatic carbocycles. The Labute approximate surface area is 163 Å². The van der Waals surface area contributed by atoms with E-state index < -0.39 is 4.83 Å². The molecule has 2 atom stereocenters. The molecular weight excluding hydrogens is 544 g/mol. The van der Waals surface area contributed by atoms with Gasteiger partial charge in [-0.15, -0.1) is 0 Å². The largest absolute Gasteiger partial charge is 0.496 e. The van der Waals surface area contributed by atoms with E-state index >= 15 is 0 Å². The first-order chi connectivity index (χ1) is 10.4. The summed E-state index contributed by atoms with van der Waals surface area (Å²) in [7, 11) is 1.56. The van der Waals surface area contributed by atoms with Crippen molar-refractivity contribution in [3.8, 4) is 5.75 Å². The Morgan fingerprint density at radius 1 is 1.00 bits per heavy atom. The molecule has 0 heterocycles. The number of carbonyl (C=O) groups is 1. The number of hydrogen-bond donors (Lipinski definition) is 0. The molecule has 0 N–H and O–H groups in total. The van der Waals surface area contributed by atoms with Crippen LogP contribution in [0, 0.1) is 0 Å². The number of hydrogen-bond acceptors (Lipinski definition) is 2. The lowest BCUT2D eigenvalue weighted by atomic mass is 10.0. The Morgan fingerprint density at radius 3 is 2.18 bits per heavy atom. The Bertz CT molecular complexity index is 670. The summed E-state index contributed by atoms with van der Waals surface area (Å²) >= 11 is 13.9. The number of benzene rings is 2. The molecule has 2 nitrogen and oxygen atoms in total. The third kappa shape index (κ3) is 4.22. The average molecular weight is 556 g/mol. The van der Waals surface area contributed by atoms with Crippen molar-refractivity contribution in [2.45, 2.75) is 9.65 Å². The van der Waals surface area contributed by atoms with Crippen LogP contribution in [0.15, 0.2) is 51.4 Å². The molecule has 0 aliphatic rings. The Morgan fingerprint density at radius 2 is 1.59 bits per heavy atom. The van der Waals surface area contributed by atoms with E-state index in [0.717, 1.165) is 14.5 Å². The van der Waals surface area contributed by atoms with Gasteiger partial charge in [0.15, 0.2) is 5.78 Å². The van der Waals surface area contributed by atoms with Gasteiger partial charge in [-0.1, -0.05) is 75.9 Å². The predicted octanol–water partition coefficient (Wildman–Crippen LogP) is 6.30. The molecule has 6 heteroatoms. The third-order valence-electron chi connectivity index (χ3n) is 3.12. The van der Waals surface area contributed by atoms with Crippen LogP contribution in [0.2, 0.25) is 0 Å². The molecule has 0 spiro atoms. The van der Waals surface area contributed by atoms with Crippen molar-refractivity contribution >= 4 is 69.5 Å². The number of rotatable bonds is 5. The van der Waals surface area contributed by atoms with E-state index in [1.54, 1.807) is 19.2 Å². The van der Waals surface area contributed by atoms with E-state index in [1.807, 2.05) is 30.3 Å². The van der Waals surface area contributed by atoms with Crippen molar-refractivity contribution in [1.82, 2.24) is 0 Å². The smallest absolute Gasteiger partial charge is 0.181 e. The van der Waals surface area contributed by atoms with Gasteiger partial charge < -0.3 is 4.74 Å². The maximum atomic E-state index is 12.7. The van der Waals surface area contributed by atoms with Gasteiger partial charge in [-0.05, 0) is 35.9 Å². The standard InChI is InChI=1S/C16H12Br4O2/c1-22-13-8-11(18)6-7-12(13)16(21)15(20)14(19)9-2-4-10(17)5-3-9/h2-8,14-15H,1H3. The molecule has 0 aliphatic heterocycles. The highest BCUT2D eigenvalue weighted by Gasteiger charge is 2.28. The Kier molecular flexibility index (Phi) is 6.68. The van der Waals surface area contributed by atoms with Gasteiger partial charge in [0.1, 0.15) is 5.75 Å². The fourth-order valence-electron chi connectivity index (χ4n) is 1.97. The number of carbonyl (C=O) groups excluding carboxylic acids is 1. The van der Waals surface area contributed by atoms with Crippen molar-refractivity contribution in [3.63, 3.8) is 0 Å². The fourth-order valence-corrected chi connectivity index (χ4v) is 3.67. The highest BCUT2D eigenvalue weighted by Crippen LogP contribution is 2.36. The fraction of sp³-hybridized carbons (Fsp3) is 0.188. The van der Waals surface area contributed by atoms with Gasteiger partial charge in [0.25, 0.3) is 0 Å². The minimum absolute atomic E-state index is 0.0332. The highest BCUT2D eigenvalue weighted by molar-refractivity contribution is 9.12. The van der Waals surface area contributed by atoms with Crippen LogP contribution in [0.5, 0.6) is 5.75 Å². The first kappa shape index (κ1) is 18.2. The topological polar surface area (TPSA) is 26.3 Å². The number of ether oxygens (including phenoxy) is 1. The molecule has 0 saturated carbocycles. The molecule has 116 valence electrons. The van der Waals surface area contributed by atoms with Crippen LogP contribution >= 0.6 is 63.7 Å². The summed E-state index contributed by atoms with van der Waals surface area (Å²) in [6, 6.07) is 13.2. The molecule has 0 aliphatic carbocycles. The van der Waals surface area contributed by atoms with Gasteiger partial charge in [-0.3, -0.25) is 4.79 Å². The minimum Gasteiger partial charge on any atom is -0.496 e. The van der Waals surface area contributed by atoms with Gasteiger partial charge in [-0.25, -0.2) is 0 Å². The normalized spacial score (nSPS) is 13.5. The summed E-state index contributed by atoms with van der Waals surface area (Å²) in [5.41, 5.74) is 1.57. The summed E-state index contributed by atoms with van der Waals surface area (Å²) in [5, 5.41) is 0.